The summed E-state index contributed by atoms with van der Waals surface area (Å²) in [6, 6.07) is 12.7. The minimum Gasteiger partial charge on any atom is -0.490 e. The van der Waals surface area contributed by atoms with Crippen LogP contribution in [0.25, 0.3) is 0 Å². The number of nitrogens with zero attached hydrogens (tertiary/aromatic N) is 1. The van der Waals surface area contributed by atoms with Crippen LogP contribution in [0.5, 0.6) is 5.75 Å². The van der Waals surface area contributed by atoms with E-state index in [-0.39, 0.29) is 0 Å². The van der Waals surface area contributed by atoms with Gasteiger partial charge < -0.3 is 9.57 Å². The third kappa shape index (κ3) is 5.21. The highest BCUT2D eigenvalue weighted by Crippen LogP contribution is 2.25. The van der Waals surface area contributed by atoms with E-state index >= 15 is 0 Å². The van der Waals surface area contributed by atoms with E-state index in [0.717, 1.165) is 23.4 Å². The van der Waals surface area contributed by atoms with Crippen molar-refractivity contribution in [2.24, 2.45) is 5.16 Å². The molecule has 2 rings (SSSR count). The molecule has 0 aromatic heterocycles. The van der Waals surface area contributed by atoms with Gasteiger partial charge >= 0.3 is 0 Å². The number of rotatable bonds is 7. The van der Waals surface area contributed by atoms with Crippen LogP contribution in [0.3, 0.4) is 0 Å². The molecule has 2 aromatic carbocycles. The van der Waals surface area contributed by atoms with Crippen LogP contribution in [0.2, 0.25) is 0 Å². The van der Waals surface area contributed by atoms with Crippen molar-refractivity contribution in [2.45, 2.75) is 34.1 Å². The van der Waals surface area contributed by atoms with Gasteiger partial charge in [-0.05, 0) is 80.1 Å². The highest BCUT2D eigenvalue weighted by molar-refractivity contribution is 5.98. The number of hydrogen-bond acceptors (Lipinski definition) is 3. The van der Waals surface area contributed by atoms with Gasteiger partial charge in [-0.15, -0.1) is 0 Å². The molecule has 0 unspecified atom stereocenters. The van der Waals surface area contributed by atoms with Gasteiger partial charge in [0.05, 0.1) is 5.71 Å². The van der Waals surface area contributed by atoms with Crippen molar-refractivity contribution in [1.82, 2.24) is 0 Å². The summed E-state index contributed by atoms with van der Waals surface area (Å²) in [6.07, 6.45) is 4.89. The zero-order chi connectivity index (χ0) is 18.2. The molecule has 0 heterocycles. The zero-order valence-electron chi connectivity index (χ0n) is 15.8. The Morgan fingerprint density at radius 3 is 2.48 bits per heavy atom. The average Bonchev–Trinajstić information content (AvgIpc) is 2.59. The number of benzene rings is 2. The molecular formula is C22H27NO2. The lowest BCUT2D eigenvalue weighted by atomic mass is 9.94. The summed E-state index contributed by atoms with van der Waals surface area (Å²) in [6.45, 7) is 8.85. The first-order valence-electron chi connectivity index (χ1n) is 8.56. The second-order valence-corrected chi connectivity index (χ2v) is 6.15. The lowest BCUT2D eigenvalue weighted by Gasteiger charge is -2.14. The van der Waals surface area contributed by atoms with E-state index in [2.05, 4.69) is 55.4 Å². The van der Waals surface area contributed by atoms with Crippen LogP contribution < -0.4 is 4.74 Å². The average molecular weight is 337 g/mol. The van der Waals surface area contributed by atoms with Gasteiger partial charge in [0.25, 0.3) is 0 Å². The third-order valence-electron chi connectivity index (χ3n) is 4.21. The molecule has 3 nitrogen and oxygen atoms in total. The summed E-state index contributed by atoms with van der Waals surface area (Å²) >= 11 is 0. The first-order chi connectivity index (χ1) is 12.0. The van der Waals surface area contributed by atoms with Crippen molar-refractivity contribution in [3.8, 4) is 5.75 Å². The summed E-state index contributed by atoms with van der Waals surface area (Å²) in [5, 5.41) is 4.02. The number of hydrogen-bond donors (Lipinski definition) is 0. The first-order valence-corrected chi connectivity index (χ1v) is 8.56. The molecule has 2 aromatic rings. The van der Waals surface area contributed by atoms with Crippen LogP contribution in [0.4, 0.5) is 0 Å². The molecule has 0 fully saturated rings. The van der Waals surface area contributed by atoms with Gasteiger partial charge in [0, 0.05) is 0 Å². The van der Waals surface area contributed by atoms with Crippen LogP contribution in [0.1, 0.15) is 41.7 Å². The van der Waals surface area contributed by atoms with Gasteiger partial charge in [0.2, 0.25) is 0 Å². The van der Waals surface area contributed by atoms with Gasteiger partial charge in [0.1, 0.15) is 19.5 Å². The van der Waals surface area contributed by atoms with Gasteiger partial charge in [-0.25, -0.2) is 0 Å². The van der Waals surface area contributed by atoms with Crippen LogP contribution in [-0.2, 0) is 11.3 Å². The molecule has 0 N–H and O–H groups in total. The zero-order valence-corrected chi connectivity index (χ0v) is 15.8. The van der Waals surface area contributed by atoms with Crippen LogP contribution in [-0.4, -0.2) is 19.4 Å². The Morgan fingerprint density at radius 2 is 1.84 bits per heavy atom. The van der Waals surface area contributed by atoms with E-state index in [9.17, 15) is 0 Å². The predicted molar refractivity (Wildman–Crippen MR) is 105 cm³/mol. The fourth-order valence-electron chi connectivity index (χ4n) is 2.86. The molecule has 0 amide bonds. The first kappa shape index (κ1) is 18.8. The van der Waals surface area contributed by atoms with Gasteiger partial charge in [-0.2, -0.15) is 0 Å². The maximum Gasteiger partial charge on any atom is 0.120 e. The van der Waals surface area contributed by atoms with E-state index in [0.29, 0.717) is 6.61 Å². The van der Waals surface area contributed by atoms with E-state index in [4.69, 9.17) is 9.57 Å². The van der Waals surface area contributed by atoms with Crippen molar-refractivity contribution >= 4 is 5.71 Å². The van der Waals surface area contributed by atoms with E-state index in [1.807, 2.05) is 26.0 Å². The lowest BCUT2D eigenvalue weighted by molar-refractivity contribution is 0.213. The van der Waals surface area contributed by atoms with Crippen LogP contribution in [0, 0.1) is 13.8 Å². The SMILES string of the molecule is C/C=C/COc1cc(C)c(Cc2cccc(/C(C)=N/OC)c2)c(C)c1. The lowest BCUT2D eigenvalue weighted by Crippen LogP contribution is -2.01. The molecule has 132 valence electrons. The van der Waals surface area contributed by atoms with E-state index in [1.165, 1.54) is 22.3 Å². The molecule has 25 heavy (non-hydrogen) atoms. The topological polar surface area (TPSA) is 30.8 Å². The number of oxime groups is 1. The maximum atomic E-state index is 5.77. The predicted octanol–water partition coefficient (Wildman–Crippen LogP) is 5.22. The molecule has 0 atom stereocenters. The van der Waals surface area contributed by atoms with Crippen molar-refractivity contribution in [2.75, 3.05) is 13.7 Å². The maximum absolute atomic E-state index is 5.77. The van der Waals surface area contributed by atoms with Crippen molar-refractivity contribution in [1.29, 1.82) is 0 Å². The van der Waals surface area contributed by atoms with E-state index < -0.39 is 0 Å². The van der Waals surface area contributed by atoms with Crippen molar-refractivity contribution < 1.29 is 9.57 Å². The van der Waals surface area contributed by atoms with Crippen molar-refractivity contribution in [3.63, 3.8) is 0 Å². The smallest absolute Gasteiger partial charge is 0.120 e. The van der Waals surface area contributed by atoms with Gasteiger partial charge in [-0.3, -0.25) is 0 Å². The Kier molecular flexibility index (Phi) is 6.81. The second-order valence-electron chi connectivity index (χ2n) is 6.15. The summed E-state index contributed by atoms with van der Waals surface area (Å²) in [5.41, 5.74) is 7.08. The van der Waals surface area contributed by atoms with Crippen molar-refractivity contribution in [3.05, 3.63) is 76.4 Å². The highest BCUT2D eigenvalue weighted by atomic mass is 16.6. The highest BCUT2D eigenvalue weighted by Gasteiger charge is 2.08. The third-order valence-corrected chi connectivity index (χ3v) is 4.21. The minimum absolute atomic E-state index is 0.606. The molecule has 0 aliphatic rings. The van der Waals surface area contributed by atoms with Crippen LogP contribution >= 0.6 is 0 Å². The molecule has 0 spiro atoms. The fraction of sp³-hybridized carbons (Fsp3) is 0.318. The Balaban J connectivity index is 2.23. The number of ether oxygens (including phenoxy) is 1. The molecule has 0 aliphatic heterocycles. The molecule has 3 heteroatoms. The Labute approximate surface area is 151 Å². The molecule has 0 saturated heterocycles. The largest absolute Gasteiger partial charge is 0.490 e. The Hall–Kier alpha value is -2.55. The number of allylic oxidation sites excluding steroid dienone is 1. The summed E-state index contributed by atoms with van der Waals surface area (Å²) in [4.78, 5) is 4.88. The molecule has 0 bridgehead atoms. The monoisotopic (exact) mass is 337 g/mol. The minimum atomic E-state index is 0.606. The molecular weight excluding hydrogens is 310 g/mol. The van der Waals surface area contributed by atoms with E-state index in [1.54, 1.807) is 7.11 Å². The van der Waals surface area contributed by atoms with Crippen LogP contribution in [0.15, 0.2) is 53.7 Å². The summed E-state index contributed by atoms with van der Waals surface area (Å²) in [5.74, 6) is 0.925. The summed E-state index contributed by atoms with van der Waals surface area (Å²) < 4.78 is 5.77. The number of aryl methyl sites for hydroxylation is 2. The second kappa shape index (κ2) is 9.07. The standard InChI is InChI=1S/C22H27NO2/c1-6-7-11-25-21-12-16(2)22(17(3)13-21)15-19-9-8-10-20(14-19)18(4)23-24-5/h6-10,12-14H,11,15H2,1-5H3/b7-6+,23-18+. The van der Waals surface area contributed by atoms with Gasteiger partial charge in [-0.1, -0.05) is 35.5 Å². The summed E-state index contributed by atoms with van der Waals surface area (Å²) in [7, 11) is 1.57. The normalized spacial score (nSPS) is 11.8. The van der Waals surface area contributed by atoms with Gasteiger partial charge in [0.15, 0.2) is 0 Å². The Morgan fingerprint density at radius 1 is 1.12 bits per heavy atom. The molecule has 0 aliphatic carbocycles. The Bertz CT molecular complexity index is 752. The molecule has 0 radical (unpaired) electrons. The quantitative estimate of drug-likeness (QED) is 0.394. The molecule has 0 saturated carbocycles. The fourth-order valence-corrected chi connectivity index (χ4v) is 2.86.